The molecule has 2 aromatic rings. The van der Waals surface area contributed by atoms with Crippen molar-refractivity contribution in [2.75, 3.05) is 32.1 Å². The Morgan fingerprint density at radius 1 is 1.46 bits per heavy atom. The lowest BCUT2D eigenvalue weighted by Crippen LogP contribution is -2.32. The lowest BCUT2D eigenvalue weighted by atomic mass is 10.1. The normalized spacial score (nSPS) is 17.3. The number of aromatic nitrogens is 4. The van der Waals surface area contributed by atoms with E-state index in [1.165, 1.54) is 6.07 Å². The highest BCUT2D eigenvalue weighted by Gasteiger charge is 2.29. The monoisotopic (exact) mass is 330 g/mol. The van der Waals surface area contributed by atoms with E-state index < -0.39 is 0 Å². The maximum Gasteiger partial charge on any atom is 0.252 e. The molecule has 24 heavy (non-hydrogen) atoms. The second-order valence-electron chi connectivity index (χ2n) is 6.34. The van der Waals surface area contributed by atoms with Crippen LogP contribution in [-0.4, -0.2) is 57.7 Å². The van der Waals surface area contributed by atoms with Gasteiger partial charge in [0.25, 0.3) is 5.56 Å². The highest BCUT2D eigenvalue weighted by Crippen LogP contribution is 2.26. The molecule has 8 nitrogen and oxygen atoms in total. The average Bonchev–Trinajstić information content (AvgIpc) is 3.16. The van der Waals surface area contributed by atoms with Gasteiger partial charge in [0.1, 0.15) is 6.54 Å². The number of aromatic amines is 1. The first-order valence-corrected chi connectivity index (χ1v) is 7.99. The number of amides is 1. The zero-order chi connectivity index (χ0) is 17.3. The number of hydrogen-bond acceptors (Lipinski definition) is 5. The third-order valence-corrected chi connectivity index (χ3v) is 4.35. The average molecular weight is 330 g/mol. The van der Waals surface area contributed by atoms with Crippen LogP contribution in [-0.2, 0) is 11.3 Å². The van der Waals surface area contributed by atoms with Crippen molar-refractivity contribution in [3.63, 3.8) is 0 Å². The molecule has 2 aromatic heterocycles. The summed E-state index contributed by atoms with van der Waals surface area (Å²) >= 11 is 0. The van der Waals surface area contributed by atoms with Crippen LogP contribution < -0.4 is 10.5 Å². The first-order valence-electron chi connectivity index (χ1n) is 7.99. The van der Waals surface area contributed by atoms with Gasteiger partial charge >= 0.3 is 0 Å². The Balaban J connectivity index is 1.70. The molecule has 1 fully saturated rings. The predicted molar refractivity (Wildman–Crippen MR) is 90.1 cm³/mol. The maximum absolute atomic E-state index is 12.5. The Morgan fingerprint density at radius 3 is 2.92 bits per heavy atom. The van der Waals surface area contributed by atoms with Crippen LogP contribution in [0.5, 0.6) is 0 Å². The van der Waals surface area contributed by atoms with Gasteiger partial charge in [0, 0.05) is 51.1 Å². The third-order valence-electron chi connectivity index (χ3n) is 4.35. The summed E-state index contributed by atoms with van der Waals surface area (Å²) in [4.78, 5) is 35.1. The number of anilines is 1. The molecule has 0 spiro atoms. The van der Waals surface area contributed by atoms with E-state index in [2.05, 4.69) is 15.1 Å². The van der Waals surface area contributed by atoms with Gasteiger partial charge in [-0.25, -0.2) is 4.98 Å². The Bertz CT molecular complexity index is 794. The van der Waals surface area contributed by atoms with E-state index in [0.29, 0.717) is 19.0 Å². The summed E-state index contributed by atoms with van der Waals surface area (Å²) in [5.74, 6) is 0.671. The highest BCUT2D eigenvalue weighted by atomic mass is 16.2. The molecular weight excluding hydrogens is 308 g/mol. The number of nitrogens with one attached hydrogen (secondary N) is 1. The molecule has 0 radical (unpaired) electrons. The van der Waals surface area contributed by atoms with Crippen LogP contribution in [0.3, 0.4) is 0 Å². The number of hydrogen-bond donors (Lipinski definition) is 1. The molecule has 0 aliphatic carbocycles. The molecule has 1 amide bonds. The SMILES string of the molecule is Cc1ccnn1CC(=O)N1CCC(c2cc(=O)[nH]c(N(C)C)n2)C1. The molecule has 128 valence electrons. The van der Waals surface area contributed by atoms with E-state index in [1.54, 1.807) is 15.8 Å². The molecule has 0 saturated carbocycles. The Labute approximate surface area is 140 Å². The van der Waals surface area contributed by atoms with Gasteiger partial charge in [-0.1, -0.05) is 0 Å². The zero-order valence-electron chi connectivity index (χ0n) is 14.2. The quantitative estimate of drug-likeness (QED) is 0.874. The first kappa shape index (κ1) is 16.2. The van der Waals surface area contributed by atoms with Crippen LogP contribution in [0, 0.1) is 6.92 Å². The fraction of sp³-hybridized carbons (Fsp3) is 0.500. The summed E-state index contributed by atoms with van der Waals surface area (Å²) in [5.41, 5.74) is 1.54. The van der Waals surface area contributed by atoms with Gasteiger partial charge in [0.2, 0.25) is 11.9 Å². The van der Waals surface area contributed by atoms with Gasteiger partial charge in [-0.2, -0.15) is 5.10 Å². The Morgan fingerprint density at radius 2 is 2.25 bits per heavy atom. The van der Waals surface area contributed by atoms with Crippen molar-refractivity contribution in [3.05, 3.63) is 40.1 Å². The van der Waals surface area contributed by atoms with Crippen molar-refractivity contribution in [1.82, 2.24) is 24.6 Å². The van der Waals surface area contributed by atoms with Crippen molar-refractivity contribution in [2.45, 2.75) is 25.8 Å². The van der Waals surface area contributed by atoms with E-state index in [-0.39, 0.29) is 23.9 Å². The van der Waals surface area contributed by atoms with E-state index in [1.807, 2.05) is 32.0 Å². The fourth-order valence-electron chi connectivity index (χ4n) is 2.90. The molecule has 1 atom stereocenters. The van der Waals surface area contributed by atoms with Crippen LogP contribution in [0.15, 0.2) is 23.1 Å². The summed E-state index contributed by atoms with van der Waals surface area (Å²) in [6.45, 7) is 3.44. The smallest absolute Gasteiger partial charge is 0.252 e. The van der Waals surface area contributed by atoms with E-state index in [0.717, 1.165) is 17.8 Å². The Hall–Kier alpha value is -2.64. The standard InChI is InChI=1S/C16H22N6O2/c1-11-4-6-17-22(11)10-15(24)21-7-5-12(9-21)13-8-14(23)19-16(18-13)20(2)3/h4,6,8,12H,5,7,9-10H2,1-3H3,(H,18,19,23). The first-order chi connectivity index (χ1) is 11.4. The second kappa shape index (κ2) is 6.46. The summed E-state index contributed by atoms with van der Waals surface area (Å²) < 4.78 is 1.70. The van der Waals surface area contributed by atoms with Crippen molar-refractivity contribution in [1.29, 1.82) is 0 Å². The number of H-pyrrole nitrogens is 1. The number of carbonyl (C=O) groups is 1. The molecule has 3 heterocycles. The maximum atomic E-state index is 12.5. The molecule has 1 unspecified atom stereocenters. The number of rotatable bonds is 4. The van der Waals surface area contributed by atoms with Crippen molar-refractivity contribution < 1.29 is 4.79 Å². The van der Waals surface area contributed by atoms with Crippen LogP contribution in [0.1, 0.15) is 23.7 Å². The molecule has 1 N–H and O–H groups in total. The van der Waals surface area contributed by atoms with E-state index in [4.69, 9.17) is 0 Å². The molecule has 1 aliphatic rings. The topological polar surface area (TPSA) is 87.1 Å². The largest absolute Gasteiger partial charge is 0.348 e. The molecule has 8 heteroatoms. The minimum Gasteiger partial charge on any atom is -0.348 e. The fourth-order valence-corrected chi connectivity index (χ4v) is 2.90. The number of likely N-dealkylation sites (tertiary alicyclic amines) is 1. The molecule has 1 aliphatic heterocycles. The van der Waals surface area contributed by atoms with Gasteiger partial charge in [0.05, 0.1) is 5.69 Å². The van der Waals surface area contributed by atoms with Crippen LogP contribution in [0.2, 0.25) is 0 Å². The minimum atomic E-state index is -0.166. The Kier molecular flexibility index (Phi) is 4.37. The van der Waals surface area contributed by atoms with Gasteiger partial charge in [-0.05, 0) is 19.4 Å². The lowest BCUT2D eigenvalue weighted by Gasteiger charge is -2.17. The summed E-state index contributed by atoms with van der Waals surface area (Å²) in [6.07, 6.45) is 2.51. The van der Waals surface area contributed by atoms with Crippen molar-refractivity contribution in [2.24, 2.45) is 0 Å². The summed E-state index contributed by atoms with van der Waals surface area (Å²) in [7, 11) is 3.66. The molecular formula is C16H22N6O2. The number of aryl methyl sites for hydroxylation is 1. The molecule has 1 saturated heterocycles. The lowest BCUT2D eigenvalue weighted by molar-refractivity contribution is -0.131. The van der Waals surface area contributed by atoms with Gasteiger partial charge in [0.15, 0.2) is 0 Å². The van der Waals surface area contributed by atoms with Crippen LogP contribution >= 0.6 is 0 Å². The van der Waals surface area contributed by atoms with Gasteiger partial charge in [-0.3, -0.25) is 19.3 Å². The zero-order valence-corrected chi connectivity index (χ0v) is 14.2. The molecule has 3 rings (SSSR count). The van der Waals surface area contributed by atoms with E-state index >= 15 is 0 Å². The van der Waals surface area contributed by atoms with Crippen LogP contribution in [0.25, 0.3) is 0 Å². The van der Waals surface area contributed by atoms with Crippen LogP contribution in [0.4, 0.5) is 5.95 Å². The van der Waals surface area contributed by atoms with Gasteiger partial charge in [-0.15, -0.1) is 0 Å². The molecule has 0 bridgehead atoms. The third kappa shape index (κ3) is 3.32. The van der Waals surface area contributed by atoms with E-state index in [9.17, 15) is 9.59 Å². The predicted octanol–water partition coefficient (Wildman–Crippen LogP) is 0.357. The summed E-state index contributed by atoms with van der Waals surface area (Å²) in [6, 6.07) is 3.41. The minimum absolute atomic E-state index is 0.0435. The van der Waals surface area contributed by atoms with Crippen molar-refractivity contribution in [3.8, 4) is 0 Å². The number of carbonyl (C=O) groups excluding carboxylic acids is 1. The van der Waals surface area contributed by atoms with Crippen molar-refractivity contribution >= 4 is 11.9 Å². The number of nitrogens with zero attached hydrogens (tertiary/aromatic N) is 5. The van der Waals surface area contributed by atoms with Gasteiger partial charge < -0.3 is 9.80 Å². The molecule has 0 aromatic carbocycles. The highest BCUT2D eigenvalue weighted by molar-refractivity contribution is 5.76. The second-order valence-corrected chi connectivity index (χ2v) is 6.34. The summed E-state index contributed by atoms with van der Waals surface area (Å²) in [5, 5.41) is 4.15.